The molecule has 0 unspecified atom stereocenters. The molecule has 3 aromatic rings. The van der Waals surface area contributed by atoms with E-state index in [9.17, 15) is 9.59 Å². The number of hydrogen-bond donors (Lipinski definition) is 0. The van der Waals surface area contributed by atoms with Gasteiger partial charge in [0.15, 0.2) is 0 Å². The number of fused-ring (bicyclic) bond motifs is 1. The summed E-state index contributed by atoms with van der Waals surface area (Å²) in [6.07, 6.45) is 3.32. The largest absolute Gasteiger partial charge is 0.489 e. The Morgan fingerprint density at radius 3 is 2.76 bits per heavy atom. The van der Waals surface area contributed by atoms with E-state index in [0.717, 1.165) is 23.3 Å². The summed E-state index contributed by atoms with van der Waals surface area (Å²) in [4.78, 5) is 28.2. The van der Waals surface area contributed by atoms with Gasteiger partial charge in [-0.05, 0) is 48.1 Å². The third-order valence-electron chi connectivity index (χ3n) is 5.13. The number of ether oxygens (including phenoxy) is 2. The van der Waals surface area contributed by atoms with Gasteiger partial charge in [-0.1, -0.05) is 36.4 Å². The van der Waals surface area contributed by atoms with Crippen LogP contribution in [0.1, 0.15) is 44.4 Å². The van der Waals surface area contributed by atoms with Crippen LogP contribution in [0.2, 0.25) is 0 Å². The van der Waals surface area contributed by atoms with Crippen molar-refractivity contribution in [2.24, 2.45) is 5.92 Å². The lowest BCUT2D eigenvalue weighted by Crippen LogP contribution is -2.23. The number of rotatable bonds is 6. The predicted molar refractivity (Wildman–Crippen MR) is 105 cm³/mol. The Hall–Kier alpha value is -3.41. The van der Waals surface area contributed by atoms with Crippen molar-refractivity contribution in [1.29, 1.82) is 0 Å². The molecule has 0 bridgehead atoms. The van der Waals surface area contributed by atoms with E-state index in [0.29, 0.717) is 19.4 Å². The van der Waals surface area contributed by atoms with Gasteiger partial charge in [0.2, 0.25) is 11.5 Å². The number of carbonyl (C=O) groups is 2. The van der Waals surface area contributed by atoms with Crippen LogP contribution in [-0.2, 0) is 24.2 Å². The van der Waals surface area contributed by atoms with Crippen molar-refractivity contribution in [2.45, 2.75) is 25.9 Å². The summed E-state index contributed by atoms with van der Waals surface area (Å²) in [5.41, 5.74) is 3.44. The number of carbonyl (C=O) groups excluding carboxylic acids is 2. The van der Waals surface area contributed by atoms with Crippen molar-refractivity contribution in [2.75, 3.05) is 7.11 Å². The molecule has 0 amide bonds. The number of esters is 1. The molecule has 6 heteroatoms. The lowest BCUT2D eigenvalue weighted by Gasteiger charge is -2.23. The lowest BCUT2D eigenvalue weighted by molar-refractivity contribution is 0.0562. The van der Waals surface area contributed by atoms with E-state index >= 15 is 0 Å². The Bertz CT molecular complexity index is 1020. The SMILES string of the molecule is COC(=O)c1cnc(C(=O)[C@H]2CCc3cc(OCc4ccccc4)ccc3C2)o1. The molecular weight excluding hydrogens is 370 g/mol. The number of Topliss-reactive ketones (excluding diaryl/α,β-unsaturated/α-hetero) is 1. The second-order valence-corrected chi connectivity index (χ2v) is 7.03. The molecule has 0 spiro atoms. The van der Waals surface area contributed by atoms with Gasteiger partial charge in [0, 0.05) is 5.92 Å². The highest BCUT2D eigenvalue weighted by molar-refractivity contribution is 5.95. The summed E-state index contributed by atoms with van der Waals surface area (Å²) in [5.74, 6) is -0.326. The van der Waals surface area contributed by atoms with Gasteiger partial charge in [0.1, 0.15) is 12.4 Å². The van der Waals surface area contributed by atoms with Gasteiger partial charge < -0.3 is 13.9 Å². The van der Waals surface area contributed by atoms with E-state index in [1.165, 1.54) is 18.9 Å². The number of benzene rings is 2. The van der Waals surface area contributed by atoms with Crippen molar-refractivity contribution >= 4 is 11.8 Å². The van der Waals surface area contributed by atoms with Crippen LogP contribution in [0, 0.1) is 5.92 Å². The van der Waals surface area contributed by atoms with Gasteiger partial charge in [0.05, 0.1) is 13.3 Å². The molecule has 0 saturated carbocycles. The molecule has 2 aromatic carbocycles. The van der Waals surface area contributed by atoms with Crippen molar-refractivity contribution in [3.63, 3.8) is 0 Å². The Balaban J connectivity index is 1.41. The van der Waals surface area contributed by atoms with Gasteiger partial charge >= 0.3 is 5.97 Å². The normalized spacial score (nSPS) is 15.4. The molecule has 1 atom stereocenters. The molecule has 0 aliphatic heterocycles. The van der Waals surface area contributed by atoms with Crippen molar-refractivity contribution in [3.8, 4) is 5.75 Å². The zero-order valence-corrected chi connectivity index (χ0v) is 16.1. The first-order valence-electron chi connectivity index (χ1n) is 9.51. The van der Waals surface area contributed by atoms with Crippen LogP contribution in [0.5, 0.6) is 5.75 Å². The Morgan fingerprint density at radius 2 is 1.97 bits per heavy atom. The predicted octanol–water partition coefficient (Wildman–Crippen LogP) is 4.03. The van der Waals surface area contributed by atoms with Crippen LogP contribution in [0.3, 0.4) is 0 Å². The third kappa shape index (κ3) is 4.21. The quantitative estimate of drug-likeness (QED) is 0.466. The molecule has 0 N–H and O–H groups in total. The summed E-state index contributed by atoms with van der Waals surface area (Å²) in [6.45, 7) is 0.521. The molecular formula is C23H21NO5. The van der Waals surface area contributed by atoms with Crippen LogP contribution >= 0.6 is 0 Å². The summed E-state index contributed by atoms with van der Waals surface area (Å²) in [7, 11) is 1.25. The summed E-state index contributed by atoms with van der Waals surface area (Å²) in [5, 5.41) is 0. The third-order valence-corrected chi connectivity index (χ3v) is 5.13. The van der Waals surface area contributed by atoms with Crippen LogP contribution in [0.4, 0.5) is 0 Å². The number of hydrogen-bond acceptors (Lipinski definition) is 6. The Morgan fingerprint density at radius 1 is 1.14 bits per heavy atom. The minimum Gasteiger partial charge on any atom is -0.489 e. The zero-order valence-electron chi connectivity index (χ0n) is 16.1. The fraction of sp³-hybridized carbons (Fsp3) is 0.261. The highest BCUT2D eigenvalue weighted by Gasteiger charge is 2.29. The van der Waals surface area contributed by atoms with Crippen molar-refractivity contribution in [1.82, 2.24) is 4.98 Å². The van der Waals surface area contributed by atoms with Gasteiger partial charge in [-0.3, -0.25) is 4.79 Å². The molecule has 1 aromatic heterocycles. The molecule has 1 aliphatic rings. The van der Waals surface area contributed by atoms with Gasteiger partial charge in [-0.2, -0.15) is 0 Å². The number of aromatic nitrogens is 1. The molecule has 1 aliphatic carbocycles. The minimum atomic E-state index is -0.645. The second-order valence-electron chi connectivity index (χ2n) is 7.03. The van der Waals surface area contributed by atoms with E-state index in [1.54, 1.807) is 0 Å². The Kier molecular flexibility index (Phi) is 5.42. The molecule has 1 heterocycles. The topological polar surface area (TPSA) is 78.6 Å². The summed E-state index contributed by atoms with van der Waals surface area (Å²) < 4.78 is 15.8. The van der Waals surface area contributed by atoms with Crippen molar-refractivity contribution < 1.29 is 23.5 Å². The molecule has 148 valence electrons. The second kappa shape index (κ2) is 8.31. The summed E-state index contributed by atoms with van der Waals surface area (Å²) >= 11 is 0. The number of methoxy groups -OCH3 is 1. The monoisotopic (exact) mass is 391 g/mol. The standard InChI is InChI=1S/C23H21NO5/c1-27-23(26)20-13-24-22(29-20)21(25)18-8-7-17-12-19(10-9-16(17)11-18)28-14-15-5-3-2-4-6-15/h2-6,9-10,12-13,18H,7-8,11,14H2,1H3/t18-/m0/s1. The maximum Gasteiger partial charge on any atom is 0.375 e. The van der Waals surface area contributed by atoms with Gasteiger partial charge in [-0.15, -0.1) is 0 Å². The van der Waals surface area contributed by atoms with E-state index in [4.69, 9.17) is 9.15 Å². The molecule has 4 rings (SSSR count). The molecule has 29 heavy (non-hydrogen) atoms. The molecule has 6 nitrogen and oxygen atoms in total. The lowest BCUT2D eigenvalue weighted by atomic mass is 9.81. The smallest absolute Gasteiger partial charge is 0.375 e. The van der Waals surface area contributed by atoms with Crippen LogP contribution < -0.4 is 4.74 Å². The number of ketones is 1. The zero-order chi connectivity index (χ0) is 20.2. The fourth-order valence-electron chi connectivity index (χ4n) is 3.54. The Labute approximate surface area is 168 Å². The average molecular weight is 391 g/mol. The molecule has 0 saturated heterocycles. The minimum absolute atomic E-state index is 0.0401. The molecule has 0 fully saturated rings. The maximum atomic E-state index is 12.7. The van der Waals surface area contributed by atoms with E-state index in [1.807, 2.05) is 42.5 Å². The van der Waals surface area contributed by atoms with Crippen molar-refractivity contribution in [3.05, 3.63) is 83.1 Å². The maximum absolute atomic E-state index is 12.7. The number of aryl methyl sites for hydroxylation is 1. The number of nitrogens with zero attached hydrogens (tertiary/aromatic N) is 1. The van der Waals surface area contributed by atoms with E-state index in [2.05, 4.69) is 15.8 Å². The van der Waals surface area contributed by atoms with Crippen LogP contribution in [-0.4, -0.2) is 23.8 Å². The highest BCUT2D eigenvalue weighted by Crippen LogP contribution is 2.30. The van der Waals surface area contributed by atoms with Crippen LogP contribution in [0.15, 0.2) is 59.1 Å². The number of oxazole rings is 1. The van der Waals surface area contributed by atoms with E-state index < -0.39 is 5.97 Å². The van der Waals surface area contributed by atoms with Gasteiger partial charge in [0.25, 0.3) is 5.89 Å². The first kappa shape index (κ1) is 18.9. The first-order valence-corrected chi connectivity index (χ1v) is 9.51. The first-order chi connectivity index (χ1) is 14.1. The average Bonchev–Trinajstić information content (AvgIpc) is 3.27. The van der Waals surface area contributed by atoms with Crippen LogP contribution in [0.25, 0.3) is 0 Å². The fourth-order valence-corrected chi connectivity index (χ4v) is 3.54. The highest BCUT2D eigenvalue weighted by atomic mass is 16.5. The van der Waals surface area contributed by atoms with Gasteiger partial charge in [-0.25, -0.2) is 9.78 Å². The van der Waals surface area contributed by atoms with E-state index in [-0.39, 0.29) is 23.4 Å². The summed E-state index contributed by atoms with van der Waals surface area (Å²) in [6, 6.07) is 16.0. The molecule has 0 radical (unpaired) electrons.